The van der Waals surface area contributed by atoms with Gasteiger partial charge in [-0.25, -0.2) is 0 Å². The molecule has 116 valence electrons. The maximum absolute atomic E-state index is 12.9. The zero-order valence-corrected chi connectivity index (χ0v) is 12.9. The normalized spacial score (nSPS) is 36.2. The minimum Gasteiger partial charge on any atom is -0.349 e. The van der Waals surface area contributed by atoms with Crippen LogP contribution < -0.4 is 0 Å². The Kier molecular flexibility index (Phi) is 3.05. The van der Waals surface area contributed by atoms with Crippen molar-refractivity contribution < 1.29 is 14.3 Å². The molecule has 1 aromatic carbocycles. The van der Waals surface area contributed by atoms with Gasteiger partial charge in [-0.2, -0.15) is 10.5 Å². The molecule has 1 aliphatic carbocycles. The van der Waals surface area contributed by atoms with Crippen LogP contribution in [0.2, 0.25) is 5.02 Å². The fourth-order valence-corrected chi connectivity index (χ4v) is 4.31. The number of nitriles is 2. The van der Waals surface area contributed by atoms with Crippen LogP contribution in [-0.2, 0) is 9.47 Å². The monoisotopic (exact) mass is 328 g/mol. The first-order valence-corrected chi connectivity index (χ1v) is 7.86. The molecule has 1 aromatic rings. The Balaban J connectivity index is 1.75. The lowest BCUT2D eigenvalue weighted by Gasteiger charge is -2.29. The first-order valence-electron chi connectivity index (χ1n) is 7.48. The Bertz CT molecular complexity index is 750. The SMILES string of the molecule is N#CC1(C#N)[C@@H](C(=O)c2ccc(Cl)cc2)[C@]12CC[C@@H]1CO[C@@H]2O1. The Morgan fingerprint density at radius 2 is 1.96 bits per heavy atom. The average molecular weight is 329 g/mol. The van der Waals surface area contributed by atoms with Gasteiger partial charge in [0.15, 0.2) is 17.5 Å². The summed E-state index contributed by atoms with van der Waals surface area (Å²) in [5, 5.41) is 19.8. The number of hydrogen-bond acceptors (Lipinski definition) is 5. The van der Waals surface area contributed by atoms with E-state index < -0.39 is 23.0 Å². The third-order valence-corrected chi connectivity index (χ3v) is 5.64. The zero-order chi connectivity index (χ0) is 16.2. The summed E-state index contributed by atoms with van der Waals surface area (Å²) >= 11 is 5.86. The number of fused-ring (bicyclic) bond motifs is 3. The van der Waals surface area contributed by atoms with E-state index in [1.165, 1.54) is 0 Å². The third-order valence-electron chi connectivity index (χ3n) is 5.39. The van der Waals surface area contributed by atoms with Crippen molar-refractivity contribution in [3.05, 3.63) is 34.9 Å². The topological polar surface area (TPSA) is 83.1 Å². The van der Waals surface area contributed by atoms with E-state index in [0.29, 0.717) is 30.0 Å². The minimum atomic E-state index is -1.39. The summed E-state index contributed by atoms with van der Waals surface area (Å²) in [5.74, 6) is -0.947. The van der Waals surface area contributed by atoms with Crippen LogP contribution in [0.25, 0.3) is 0 Å². The summed E-state index contributed by atoms with van der Waals surface area (Å²) in [6.45, 7) is 0.460. The number of nitrogens with zero attached hydrogens (tertiary/aromatic N) is 2. The highest BCUT2D eigenvalue weighted by Crippen LogP contribution is 2.76. The highest BCUT2D eigenvalue weighted by atomic mass is 35.5. The maximum Gasteiger partial charge on any atom is 0.169 e. The van der Waals surface area contributed by atoms with Gasteiger partial charge in [0.1, 0.15) is 0 Å². The molecule has 23 heavy (non-hydrogen) atoms. The largest absolute Gasteiger partial charge is 0.349 e. The molecule has 0 aromatic heterocycles. The van der Waals surface area contributed by atoms with Gasteiger partial charge < -0.3 is 9.47 Å². The van der Waals surface area contributed by atoms with Crippen molar-refractivity contribution >= 4 is 17.4 Å². The molecule has 4 atom stereocenters. The van der Waals surface area contributed by atoms with E-state index in [2.05, 4.69) is 12.1 Å². The molecule has 0 unspecified atom stereocenters. The molecule has 3 aliphatic rings. The molecular formula is C17H13ClN2O3. The summed E-state index contributed by atoms with van der Waals surface area (Å²) in [5.41, 5.74) is -1.80. The standard InChI is InChI=1S/C17H13ClN2O3/c18-11-3-1-10(2-4-11)13(21)14-16(8-19,9-20)17(14)6-5-12-7-22-15(17)23-12/h1-4,12,14-15H,5-7H2/t12-,14-,15-,17+/m1/s1. The Morgan fingerprint density at radius 3 is 2.61 bits per heavy atom. The summed E-state index contributed by atoms with van der Waals surface area (Å²) in [6, 6.07) is 10.7. The van der Waals surface area contributed by atoms with Crippen molar-refractivity contribution in [1.29, 1.82) is 10.5 Å². The first-order chi connectivity index (χ1) is 11.1. The summed E-state index contributed by atoms with van der Waals surface area (Å²) in [6.07, 6.45) is 0.647. The van der Waals surface area contributed by atoms with Crippen LogP contribution in [0.1, 0.15) is 23.2 Å². The fraction of sp³-hybridized carbons (Fsp3) is 0.471. The number of carbonyl (C=O) groups is 1. The maximum atomic E-state index is 12.9. The number of halogens is 1. The Labute approximate surface area is 138 Å². The minimum absolute atomic E-state index is 0.00703. The number of rotatable bonds is 2. The molecule has 5 nitrogen and oxygen atoms in total. The zero-order valence-electron chi connectivity index (χ0n) is 12.2. The lowest BCUT2D eigenvalue weighted by Crippen LogP contribution is -2.35. The van der Waals surface area contributed by atoms with Crippen molar-refractivity contribution in [3.8, 4) is 12.1 Å². The smallest absolute Gasteiger partial charge is 0.169 e. The van der Waals surface area contributed by atoms with E-state index in [1.54, 1.807) is 24.3 Å². The van der Waals surface area contributed by atoms with Gasteiger partial charge in [0.25, 0.3) is 0 Å². The van der Waals surface area contributed by atoms with Gasteiger partial charge in [-0.05, 0) is 37.1 Å². The molecule has 2 aliphatic heterocycles. The van der Waals surface area contributed by atoms with Crippen molar-refractivity contribution in [1.82, 2.24) is 0 Å². The number of benzene rings is 1. The molecule has 4 rings (SSSR count). The second-order valence-electron chi connectivity index (χ2n) is 6.34. The Hall–Kier alpha value is -1.92. The van der Waals surface area contributed by atoms with E-state index in [-0.39, 0.29) is 11.9 Å². The quantitative estimate of drug-likeness (QED) is 0.779. The first kappa shape index (κ1) is 14.7. The van der Waals surface area contributed by atoms with E-state index in [4.69, 9.17) is 21.1 Å². The number of hydrogen-bond donors (Lipinski definition) is 0. The molecule has 6 heteroatoms. The van der Waals surface area contributed by atoms with Crippen LogP contribution in [0.3, 0.4) is 0 Å². The van der Waals surface area contributed by atoms with E-state index >= 15 is 0 Å². The van der Waals surface area contributed by atoms with Crippen LogP contribution in [-0.4, -0.2) is 24.8 Å². The molecule has 1 saturated carbocycles. The van der Waals surface area contributed by atoms with Gasteiger partial charge in [-0.3, -0.25) is 4.79 Å². The molecule has 0 radical (unpaired) electrons. The lowest BCUT2D eigenvalue weighted by atomic mass is 9.86. The lowest BCUT2D eigenvalue weighted by molar-refractivity contribution is -0.140. The van der Waals surface area contributed by atoms with E-state index in [0.717, 1.165) is 0 Å². The van der Waals surface area contributed by atoms with Gasteiger partial charge in [-0.1, -0.05) is 11.6 Å². The predicted molar refractivity (Wildman–Crippen MR) is 79.2 cm³/mol. The van der Waals surface area contributed by atoms with Gasteiger partial charge >= 0.3 is 0 Å². The van der Waals surface area contributed by atoms with Gasteiger partial charge in [0, 0.05) is 10.6 Å². The second kappa shape index (κ2) is 4.79. The fourth-order valence-electron chi connectivity index (χ4n) is 4.18. The highest BCUT2D eigenvalue weighted by Gasteiger charge is 2.86. The van der Waals surface area contributed by atoms with Crippen LogP contribution >= 0.6 is 11.6 Å². The van der Waals surface area contributed by atoms with Crippen molar-refractivity contribution in [2.75, 3.05) is 6.61 Å². The molecule has 2 heterocycles. The summed E-state index contributed by atoms with van der Waals surface area (Å²) in [7, 11) is 0. The predicted octanol–water partition coefficient (Wildman–Crippen LogP) is 2.71. The number of carbonyl (C=O) groups excluding carboxylic acids is 1. The number of Topliss-reactive ketones (excluding diaryl/α,β-unsaturated/α-hetero) is 1. The molecule has 3 fully saturated rings. The third kappa shape index (κ3) is 1.70. The van der Waals surface area contributed by atoms with Gasteiger partial charge in [0.2, 0.25) is 0 Å². The molecule has 2 saturated heterocycles. The van der Waals surface area contributed by atoms with Gasteiger partial charge in [0.05, 0.1) is 36.2 Å². The van der Waals surface area contributed by atoms with Crippen LogP contribution in [0.4, 0.5) is 0 Å². The van der Waals surface area contributed by atoms with Gasteiger partial charge in [-0.15, -0.1) is 0 Å². The summed E-state index contributed by atoms with van der Waals surface area (Å²) in [4.78, 5) is 12.9. The van der Waals surface area contributed by atoms with Crippen LogP contribution in [0.15, 0.2) is 24.3 Å². The molecule has 0 N–H and O–H groups in total. The number of ketones is 1. The highest BCUT2D eigenvalue weighted by molar-refractivity contribution is 6.30. The van der Waals surface area contributed by atoms with E-state index in [9.17, 15) is 15.3 Å². The second-order valence-corrected chi connectivity index (χ2v) is 6.77. The van der Waals surface area contributed by atoms with Crippen molar-refractivity contribution in [2.45, 2.75) is 25.2 Å². The summed E-state index contributed by atoms with van der Waals surface area (Å²) < 4.78 is 11.4. The van der Waals surface area contributed by atoms with Crippen molar-refractivity contribution in [2.24, 2.45) is 16.7 Å². The van der Waals surface area contributed by atoms with Crippen LogP contribution in [0, 0.1) is 39.4 Å². The molecule has 2 bridgehead atoms. The van der Waals surface area contributed by atoms with Crippen LogP contribution in [0.5, 0.6) is 0 Å². The number of ether oxygens (including phenoxy) is 2. The van der Waals surface area contributed by atoms with E-state index in [1.807, 2.05) is 0 Å². The molecular weight excluding hydrogens is 316 g/mol. The molecule has 0 amide bonds. The Morgan fingerprint density at radius 1 is 1.26 bits per heavy atom. The van der Waals surface area contributed by atoms with Crippen molar-refractivity contribution in [3.63, 3.8) is 0 Å². The molecule has 1 spiro atoms. The average Bonchev–Trinajstić information content (AvgIpc) is 2.94.